The third-order valence-corrected chi connectivity index (χ3v) is 6.71. The molecule has 2 unspecified atom stereocenters. The van der Waals surface area contributed by atoms with Crippen molar-refractivity contribution in [1.82, 2.24) is 15.1 Å². The number of fused-ring (bicyclic) bond motifs is 3. The zero-order valence-electron chi connectivity index (χ0n) is 19.6. The van der Waals surface area contributed by atoms with Gasteiger partial charge >= 0.3 is 12.1 Å². The summed E-state index contributed by atoms with van der Waals surface area (Å²) in [6, 6.07) is 14.8. The molecule has 0 spiro atoms. The molecule has 8 heteroatoms. The SMILES string of the molecule is CN1CCC(CN(C)C(=O)C(CC(=O)O)NC(=O)OCC2c3ccccc3-c3ccccc32)C1. The maximum absolute atomic E-state index is 12.9. The number of carboxylic acids is 1. The Labute approximate surface area is 199 Å². The Balaban J connectivity index is 1.39. The first-order valence-corrected chi connectivity index (χ1v) is 11.6. The van der Waals surface area contributed by atoms with Gasteiger partial charge in [-0.05, 0) is 48.2 Å². The first kappa shape index (κ1) is 23.8. The fourth-order valence-electron chi connectivity index (χ4n) is 5.08. The quantitative estimate of drug-likeness (QED) is 0.622. The van der Waals surface area contributed by atoms with E-state index in [1.165, 1.54) is 4.90 Å². The van der Waals surface area contributed by atoms with E-state index in [2.05, 4.69) is 10.2 Å². The second-order valence-corrected chi connectivity index (χ2v) is 9.26. The lowest BCUT2D eigenvalue weighted by Gasteiger charge is -2.26. The largest absolute Gasteiger partial charge is 0.481 e. The van der Waals surface area contributed by atoms with E-state index in [0.717, 1.165) is 41.8 Å². The van der Waals surface area contributed by atoms with Gasteiger partial charge in [0.15, 0.2) is 0 Å². The number of likely N-dealkylation sites (N-methyl/N-ethyl adjacent to an activating group) is 1. The number of carbonyl (C=O) groups excluding carboxylic acids is 2. The summed E-state index contributed by atoms with van der Waals surface area (Å²) in [5.41, 5.74) is 4.39. The molecule has 0 aromatic heterocycles. The summed E-state index contributed by atoms with van der Waals surface area (Å²) in [7, 11) is 3.68. The summed E-state index contributed by atoms with van der Waals surface area (Å²) < 4.78 is 5.51. The van der Waals surface area contributed by atoms with E-state index in [-0.39, 0.29) is 12.5 Å². The van der Waals surface area contributed by atoms with Crippen LogP contribution in [0.5, 0.6) is 0 Å². The molecule has 2 N–H and O–H groups in total. The molecule has 8 nitrogen and oxygen atoms in total. The molecule has 0 bridgehead atoms. The molecule has 2 aromatic carbocycles. The average Bonchev–Trinajstić information content (AvgIpc) is 3.37. The van der Waals surface area contributed by atoms with Crippen molar-refractivity contribution < 1.29 is 24.2 Å². The molecule has 1 aliphatic heterocycles. The van der Waals surface area contributed by atoms with Crippen LogP contribution in [0.2, 0.25) is 0 Å². The highest BCUT2D eigenvalue weighted by Crippen LogP contribution is 2.44. The third kappa shape index (κ3) is 5.22. The van der Waals surface area contributed by atoms with Gasteiger partial charge in [-0.15, -0.1) is 0 Å². The molecule has 4 rings (SSSR count). The molecule has 1 saturated heterocycles. The van der Waals surface area contributed by atoms with Crippen LogP contribution in [0, 0.1) is 5.92 Å². The van der Waals surface area contributed by atoms with Crippen molar-refractivity contribution in [3.05, 3.63) is 59.7 Å². The Hall–Kier alpha value is -3.39. The number of nitrogens with zero attached hydrogens (tertiary/aromatic N) is 2. The van der Waals surface area contributed by atoms with E-state index in [4.69, 9.17) is 4.74 Å². The number of amides is 2. The van der Waals surface area contributed by atoms with Crippen molar-refractivity contribution >= 4 is 18.0 Å². The molecular formula is C26H31N3O5. The predicted molar refractivity (Wildman–Crippen MR) is 127 cm³/mol. The maximum Gasteiger partial charge on any atom is 0.407 e. The van der Waals surface area contributed by atoms with Crippen LogP contribution in [-0.2, 0) is 14.3 Å². The van der Waals surface area contributed by atoms with Crippen molar-refractivity contribution in [3.8, 4) is 11.1 Å². The van der Waals surface area contributed by atoms with Crippen LogP contribution in [0.4, 0.5) is 4.79 Å². The van der Waals surface area contributed by atoms with Gasteiger partial charge in [-0.1, -0.05) is 48.5 Å². The molecule has 1 heterocycles. The molecule has 34 heavy (non-hydrogen) atoms. The summed E-state index contributed by atoms with van der Waals surface area (Å²) in [6.45, 7) is 2.48. The summed E-state index contributed by atoms with van der Waals surface area (Å²) in [6.07, 6.45) is -0.314. The van der Waals surface area contributed by atoms with Crippen LogP contribution in [-0.4, -0.2) is 79.3 Å². The van der Waals surface area contributed by atoms with Crippen molar-refractivity contribution in [3.63, 3.8) is 0 Å². The maximum atomic E-state index is 12.9. The molecule has 2 aliphatic rings. The second-order valence-electron chi connectivity index (χ2n) is 9.26. The van der Waals surface area contributed by atoms with Crippen LogP contribution in [0.25, 0.3) is 11.1 Å². The van der Waals surface area contributed by atoms with Crippen molar-refractivity contribution in [1.29, 1.82) is 0 Å². The van der Waals surface area contributed by atoms with Gasteiger partial charge in [-0.2, -0.15) is 0 Å². The van der Waals surface area contributed by atoms with Crippen molar-refractivity contribution in [2.45, 2.75) is 24.8 Å². The molecule has 0 saturated carbocycles. The minimum absolute atomic E-state index is 0.0953. The normalized spacial score (nSPS) is 18.1. The Morgan fingerprint density at radius 3 is 2.29 bits per heavy atom. The van der Waals surface area contributed by atoms with Crippen molar-refractivity contribution in [2.75, 3.05) is 40.3 Å². The molecule has 1 fully saturated rings. The molecular weight excluding hydrogens is 434 g/mol. The van der Waals surface area contributed by atoms with Crippen LogP contribution >= 0.6 is 0 Å². The van der Waals surface area contributed by atoms with Gasteiger partial charge in [0, 0.05) is 26.1 Å². The van der Waals surface area contributed by atoms with E-state index >= 15 is 0 Å². The molecule has 2 amide bonds. The van der Waals surface area contributed by atoms with Crippen LogP contribution in [0.15, 0.2) is 48.5 Å². The first-order valence-electron chi connectivity index (χ1n) is 11.6. The summed E-state index contributed by atoms with van der Waals surface area (Å²) in [5.74, 6) is -1.37. The topological polar surface area (TPSA) is 99.2 Å². The van der Waals surface area contributed by atoms with Gasteiger partial charge in [-0.25, -0.2) is 4.79 Å². The van der Waals surface area contributed by atoms with Gasteiger partial charge in [0.1, 0.15) is 12.6 Å². The van der Waals surface area contributed by atoms with E-state index in [1.54, 1.807) is 7.05 Å². The Morgan fingerprint density at radius 1 is 1.12 bits per heavy atom. The number of likely N-dealkylation sites (tertiary alicyclic amines) is 1. The number of rotatable bonds is 8. The van der Waals surface area contributed by atoms with Crippen LogP contribution in [0.1, 0.15) is 29.9 Å². The Kier molecular flexibility index (Phi) is 7.17. The number of nitrogens with one attached hydrogen (secondary N) is 1. The number of aliphatic carboxylic acids is 1. The lowest BCUT2D eigenvalue weighted by Crippen LogP contribution is -2.49. The van der Waals surface area contributed by atoms with Gasteiger partial charge in [0.05, 0.1) is 6.42 Å². The summed E-state index contributed by atoms with van der Waals surface area (Å²) in [4.78, 5) is 40.7. The Morgan fingerprint density at radius 2 is 1.74 bits per heavy atom. The lowest BCUT2D eigenvalue weighted by molar-refractivity contribution is -0.142. The smallest absolute Gasteiger partial charge is 0.407 e. The zero-order valence-corrected chi connectivity index (χ0v) is 19.6. The van der Waals surface area contributed by atoms with Crippen molar-refractivity contribution in [2.24, 2.45) is 5.92 Å². The number of hydrogen-bond donors (Lipinski definition) is 2. The molecule has 180 valence electrons. The van der Waals surface area contributed by atoms with E-state index in [0.29, 0.717) is 12.5 Å². The fraction of sp³-hybridized carbons (Fsp3) is 0.423. The minimum atomic E-state index is -1.18. The number of hydrogen-bond acceptors (Lipinski definition) is 5. The van der Waals surface area contributed by atoms with E-state index < -0.39 is 30.4 Å². The van der Waals surface area contributed by atoms with Gasteiger partial charge < -0.3 is 25.0 Å². The minimum Gasteiger partial charge on any atom is -0.481 e. The third-order valence-electron chi connectivity index (χ3n) is 6.71. The standard InChI is InChI=1S/C26H31N3O5/c1-28-12-11-17(14-28)15-29(2)25(32)23(13-24(30)31)27-26(33)34-16-22-20-9-5-3-7-18(20)19-8-4-6-10-21(19)22/h3-10,17,22-23H,11-16H2,1-2H3,(H,27,33)(H,30,31). The highest BCUT2D eigenvalue weighted by atomic mass is 16.5. The molecule has 2 atom stereocenters. The van der Waals surface area contributed by atoms with E-state index in [1.807, 2.05) is 55.6 Å². The van der Waals surface area contributed by atoms with E-state index in [9.17, 15) is 19.5 Å². The number of benzene rings is 2. The molecule has 2 aromatic rings. The highest BCUT2D eigenvalue weighted by molar-refractivity contribution is 5.89. The Bertz CT molecular complexity index is 1030. The van der Waals surface area contributed by atoms with Gasteiger partial charge in [0.25, 0.3) is 0 Å². The predicted octanol–water partition coefficient (Wildman–Crippen LogP) is 2.78. The second kappa shape index (κ2) is 10.3. The molecule has 0 radical (unpaired) electrons. The summed E-state index contributed by atoms with van der Waals surface area (Å²) in [5, 5.41) is 11.8. The van der Waals surface area contributed by atoms with Gasteiger partial charge in [0.2, 0.25) is 5.91 Å². The number of carbonyl (C=O) groups is 3. The summed E-state index contributed by atoms with van der Waals surface area (Å²) >= 11 is 0. The lowest BCUT2D eigenvalue weighted by atomic mass is 9.98. The highest BCUT2D eigenvalue weighted by Gasteiger charge is 2.32. The molecule has 1 aliphatic carbocycles. The number of ether oxygens (including phenoxy) is 1. The number of carboxylic acid groups (broad SMARTS) is 1. The number of alkyl carbamates (subject to hydrolysis) is 1. The monoisotopic (exact) mass is 465 g/mol. The van der Waals surface area contributed by atoms with Crippen LogP contribution in [0.3, 0.4) is 0 Å². The average molecular weight is 466 g/mol. The fourth-order valence-corrected chi connectivity index (χ4v) is 5.08. The first-order chi connectivity index (χ1) is 16.3. The van der Waals surface area contributed by atoms with Gasteiger partial charge in [-0.3, -0.25) is 9.59 Å². The van der Waals surface area contributed by atoms with Crippen LogP contribution < -0.4 is 5.32 Å². The zero-order chi connectivity index (χ0) is 24.2.